The smallest absolute Gasteiger partial charge is 0.268 e. The van der Waals surface area contributed by atoms with E-state index in [1.165, 1.54) is 0 Å². The third-order valence-electron chi connectivity index (χ3n) is 3.56. The van der Waals surface area contributed by atoms with Crippen LogP contribution in [0.3, 0.4) is 0 Å². The fraction of sp³-hybridized carbons (Fsp3) is 0.250. The summed E-state index contributed by atoms with van der Waals surface area (Å²) in [5.41, 5.74) is -0.160. The van der Waals surface area contributed by atoms with Gasteiger partial charge in [-0.05, 0) is 24.6 Å². The van der Waals surface area contributed by atoms with Crippen LogP contribution in [0.2, 0.25) is 0 Å². The van der Waals surface area contributed by atoms with Crippen LogP contribution in [0.25, 0.3) is 6.08 Å². The Morgan fingerprint density at radius 1 is 1.24 bits per heavy atom. The standard InChI is InChI=1S/C16H15NO3S/c1-2-3-8-17-11-6-4-5-7-12(11)21-13(17)9-10-14(18)16(20)15(10)19/h4-7,9,18H,2-3,8H2,1H3/b13-9-. The summed E-state index contributed by atoms with van der Waals surface area (Å²) in [7, 11) is 0. The second kappa shape index (κ2) is 5.41. The number of fused-ring (bicyclic) bond motifs is 1. The van der Waals surface area contributed by atoms with Crippen molar-refractivity contribution in [3.8, 4) is 5.75 Å². The average Bonchev–Trinajstić information content (AvgIpc) is 2.87. The minimum atomic E-state index is -0.789. The number of hydrogen-bond donors (Lipinski definition) is 1. The largest absolute Gasteiger partial charge is 0.504 e. The first-order valence-electron chi connectivity index (χ1n) is 6.92. The molecule has 0 spiro atoms. The maximum atomic E-state index is 11.5. The number of hydrogen-bond acceptors (Lipinski definition) is 5. The molecule has 1 heterocycles. The highest BCUT2D eigenvalue weighted by Crippen LogP contribution is 2.46. The zero-order valence-electron chi connectivity index (χ0n) is 11.6. The van der Waals surface area contributed by atoms with E-state index in [0.717, 1.165) is 35.0 Å². The molecule has 2 aromatic carbocycles. The summed E-state index contributed by atoms with van der Waals surface area (Å²) in [4.78, 5) is 25.9. The summed E-state index contributed by atoms with van der Waals surface area (Å²) in [5, 5.41) is 10.4. The van der Waals surface area contributed by atoms with Crippen LogP contribution in [0.1, 0.15) is 25.3 Å². The van der Waals surface area contributed by atoms with Gasteiger partial charge in [0.1, 0.15) is 0 Å². The second-order valence-electron chi connectivity index (χ2n) is 4.98. The summed E-state index contributed by atoms with van der Waals surface area (Å²) in [6.07, 6.45) is 3.73. The number of unbranched alkanes of at least 4 members (excludes halogenated alkanes) is 1. The number of para-hydroxylation sites is 1. The summed E-state index contributed by atoms with van der Waals surface area (Å²) < 4.78 is 0. The molecule has 1 aliphatic rings. The second-order valence-corrected chi connectivity index (χ2v) is 6.04. The maximum Gasteiger partial charge on any atom is 0.268 e. The highest BCUT2D eigenvalue weighted by molar-refractivity contribution is 8.03. The molecule has 3 rings (SSSR count). The van der Waals surface area contributed by atoms with Crippen LogP contribution < -0.4 is 15.8 Å². The molecule has 0 fully saturated rings. The fourth-order valence-electron chi connectivity index (χ4n) is 2.36. The minimum absolute atomic E-state index is 0.122. The molecule has 1 N–H and O–H groups in total. The average molecular weight is 301 g/mol. The molecule has 1 aliphatic heterocycles. The van der Waals surface area contributed by atoms with Crippen LogP contribution in [0.15, 0.2) is 43.8 Å². The normalized spacial score (nSPS) is 15.9. The van der Waals surface area contributed by atoms with Crippen molar-refractivity contribution in [2.45, 2.75) is 24.7 Å². The SMILES string of the molecule is CCCCN1/C(=C/c2c(O)c(=O)c2=O)Sc2ccccc21. The molecule has 0 aliphatic carbocycles. The zero-order valence-corrected chi connectivity index (χ0v) is 12.4. The first kappa shape index (κ1) is 13.9. The maximum absolute atomic E-state index is 11.5. The van der Waals surface area contributed by atoms with E-state index < -0.39 is 16.6 Å². The summed E-state index contributed by atoms with van der Waals surface area (Å²) >= 11 is 1.56. The highest BCUT2D eigenvalue weighted by Gasteiger charge is 2.26. The Morgan fingerprint density at radius 2 is 2.00 bits per heavy atom. The molecule has 5 heteroatoms. The Kier molecular flexibility index (Phi) is 3.59. The van der Waals surface area contributed by atoms with Gasteiger partial charge in [0.05, 0.1) is 16.3 Å². The summed E-state index contributed by atoms with van der Waals surface area (Å²) in [5.74, 6) is -0.417. The molecule has 0 unspecified atom stereocenters. The van der Waals surface area contributed by atoms with Gasteiger partial charge in [0.15, 0.2) is 5.75 Å². The van der Waals surface area contributed by atoms with E-state index >= 15 is 0 Å². The predicted molar refractivity (Wildman–Crippen MR) is 85.5 cm³/mol. The molecular formula is C16H15NO3S. The van der Waals surface area contributed by atoms with Gasteiger partial charge in [-0.1, -0.05) is 37.2 Å². The summed E-state index contributed by atoms with van der Waals surface area (Å²) in [6, 6.07) is 8.03. The molecule has 2 aromatic rings. The molecule has 0 bridgehead atoms. The number of anilines is 1. The third-order valence-corrected chi connectivity index (χ3v) is 4.67. The van der Waals surface area contributed by atoms with E-state index in [1.807, 2.05) is 24.3 Å². The van der Waals surface area contributed by atoms with E-state index in [4.69, 9.17) is 0 Å². The van der Waals surface area contributed by atoms with E-state index in [0.29, 0.717) is 0 Å². The van der Waals surface area contributed by atoms with Gasteiger partial charge in [0.25, 0.3) is 5.43 Å². The van der Waals surface area contributed by atoms with Crippen molar-refractivity contribution < 1.29 is 5.11 Å². The topological polar surface area (TPSA) is 57.6 Å². The molecule has 0 atom stereocenters. The van der Waals surface area contributed by atoms with Crippen molar-refractivity contribution in [1.29, 1.82) is 0 Å². The lowest BCUT2D eigenvalue weighted by Crippen LogP contribution is -2.33. The summed E-state index contributed by atoms with van der Waals surface area (Å²) in [6.45, 7) is 2.98. The number of aromatic hydroxyl groups is 1. The molecule has 0 radical (unpaired) electrons. The van der Waals surface area contributed by atoms with E-state index in [1.54, 1.807) is 17.8 Å². The monoisotopic (exact) mass is 301 g/mol. The van der Waals surface area contributed by atoms with E-state index in [9.17, 15) is 14.7 Å². The van der Waals surface area contributed by atoms with Gasteiger partial charge < -0.3 is 10.0 Å². The van der Waals surface area contributed by atoms with Gasteiger partial charge in [-0.3, -0.25) is 9.59 Å². The molecule has 21 heavy (non-hydrogen) atoms. The third kappa shape index (κ3) is 2.27. The lowest BCUT2D eigenvalue weighted by Gasteiger charge is -2.20. The fourth-order valence-corrected chi connectivity index (χ4v) is 3.49. The van der Waals surface area contributed by atoms with Crippen LogP contribution in [-0.4, -0.2) is 11.7 Å². The molecular weight excluding hydrogens is 286 g/mol. The Hall–Kier alpha value is -2.01. The first-order valence-corrected chi connectivity index (χ1v) is 7.73. The molecule has 0 amide bonds. The Balaban J connectivity index is 1.99. The van der Waals surface area contributed by atoms with Gasteiger partial charge in [0.2, 0.25) is 5.43 Å². The number of thioether (sulfide) groups is 1. The lowest BCUT2D eigenvalue weighted by atomic mass is 10.1. The van der Waals surface area contributed by atoms with Crippen molar-refractivity contribution in [1.82, 2.24) is 0 Å². The molecule has 108 valence electrons. The van der Waals surface area contributed by atoms with E-state index in [2.05, 4.69) is 11.8 Å². The predicted octanol–water partition coefficient (Wildman–Crippen LogP) is 2.70. The zero-order chi connectivity index (χ0) is 15.0. The Labute approximate surface area is 126 Å². The van der Waals surface area contributed by atoms with Gasteiger partial charge in [-0.25, -0.2) is 0 Å². The number of rotatable bonds is 4. The number of benzene rings is 1. The van der Waals surface area contributed by atoms with Crippen molar-refractivity contribution in [2.24, 2.45) is 0 Å². The van der Waals surface area contributed by atoms with Crippen LogP contribution in [0, 0.1) is 0 Å². The van der Waals surface area contributed by atoms with Crippen LogP contribution in [0.4, 0.5) is 5.69 Å². The van der Waals surface area contributed by atoms with Crippen LogP contribution in [-0.2, 0) is 0 Å². The number of nitrogens with zero attached hydrogens (tertiary/aromatic N) is 1. The van der Waals surface area contributed by atoms with E-state index in [-0.39, 0.29) is 5.56 Å². The quantitative estimate of drug-likeness (QED) is 0.880. The van der Waals surface area contributed by atoms with Crippen molar-refractivity contribution >= 4 is 23.5 Å². The van der Waals surface area contributed by atoms with Crippen molar-refractivity contribution in [3.63, 3.8) is 0 Å². The highest BCUT2D eigenvalue weighted by atomic mass is 32.2. The molecule has 0 saturated heterocycles. The molecule has 4 nitrogen and oxygen atoms in total. The Morgan fingerprint density at radius 3 is 2.71 bits per heavy atom. The Bertz CT molecular complexity index is 787. The van der Waals surface area contributed by atoms with Crippen molar-refractivity contribution in [2.75, 3.05) is 11.4 Å². The molecule has 0 saturated carbocycles. The lowest BCUT2D eigenvalue weighted by molar-refractivity contribution is 0.461. The van der Waals surface area contributed by atoms with Gasteiger partial charge in [0, 0.05) is 11.4 Å². The van der Waals surface area contributed by atoms with Crippen molar-refractivity contribution in [3.05, 3.63) is 55.3 Å². The molecule has 0 aromatic heterocycles. The van der Waals surface area contributed by atoms with Gasteiger partial charge in [-0.2, -0.15) is 0 Å². The van der Waals surface area contributed by atoms with Gasteiger partial charge in [-0.15, -0.1) is 0 Å². The minimum Gasteiger partial charge on any atom is -0.504 e. The van der Waals surface area contributed by atoms with Crippen LogP contribution in [0.5, 0.6) is 5.75 Å². The first-order chi connectivity index (χ1) is 10.1. The van der Waals surface area contributed by atoms with Gasteiger partial charge >= 0.3 is 0 Å². The van der Waals surface area contributed by atoms with Crippen LogP contribution >= 0.6 is 11.8 Å².